The Morgan fingerprint density at radius 3 is 2.64 bits per heavy atom. The summed E-state index contributed by atoms with van der Waals surface area (Å²) in [5, 5.41) is 11.6. The summed E-state index contributed by atoms with van der Waals surface area (Å²) in [7, 11) is 0. The lowest BCUT2D eigenvalue weighted by atomic mass is 10.1. The van der Waals surface area contributed by atoms with Gasteiger partial charge in [0.1, 0.15) is 0 Å². The number of rotatable bonds is 5. The lowest BCUT2D eigenvalue weighted by Gasteiger charge is -2.09. The van der Waals surface area contributed by atoms with Crippen molar-refractivity contribution in [1.29, 1.82) is 0 Å². The van der Waals surface area contributed by atoms with Crippen molar-refractivity contribution in [2.45, 2.75) is 12.1 Å². The number of H-pyrrole nitrogens is 1. The minimum atomic E-state index is -0.257. The Labute approximate surface area is 164 Å². The molecule has 2 aromatic heterocycles. The van der Waals surface area contributed by atoms with Crippen LogP contribution in [0.5, 0.6) is 0 Å². The number of aromatic nitrogens is 4. The highest BCUT2D eigenvalue weighted by molar-refractivity contribution is 7.99. The Hall–Kier alpha value is -3.39. The van der Waals surface area contributed by atoms with E-state index in [2.05, 4.69) is 20.5 Å². The molecule has 0 radical (unpaired) electrons. The molecule has 140 valence electrons. The molecule has 0 bridgehead atoms. The van der Waals surface area contributed by atoms with Gasteiger partial charge in [-0.05, 0) is 24.1 Å². The number of hydrogen-bond acceptors (Lipinski definition) is 5. The van der Waals surface area contributed by atoms with Crippen molar-refractivity contribution < 1.29 is 4.79 Å². The van der Waals surface area contributed by atoms with E-state index in [-0.39, 0.29) is 17.2 Å². The Morgan fingerprint density at radius 2 is 1.86 bits per heavy atom. The van der Waals surface area contributed by atoms with Gasteiger partial charge in [-0.15, -0.1) is 10.2 Å². The minimum absolute atomic E-state index is 0.137. The summed E-state index contributed by atoms with van der Waals surface area (Å²) in [4.78, 5) is 27.0. The number of carbonyl (C=O) groups is 1. The highest BCUT2D eigenvalue weighted by atomic mass is 32.2. The SMILES string of the molecule is Cc1ccccc1NC(=O)CSc1nnc2[nH]c(=O)cc(-c3ccccc3)n12. The summed E-state index contributed by atoms with van der Waals surface area (Å²) in [6.45, 7) is 1.94. The summed E-state index contributed by atoms with van der Waals surface area (Å²) in [6.07, 6.45) is 0. The van der Waals surface area contributed by atoms with Crippen molar-refractivity contribution in [3.63, 3.8) is 0 Å². The average Bonchev–Trinajstić information content (AvgIpc) is 3.11. The Balaban J connectivity index is 1.60. The van der Waals surface area contributed by atoms with E-state index in [1.165, 1.54) is 17.8 Å². The molecule has 7 nitrogen and oxygen atoms in total. The van der Waals surface area contributed by atoms with Crippen molar-refractivity contribution in [2.24, 2.45) is 0 Å². The van der Waals surface area contributed by atoms with Gasteiger partial charge in [-0.25, -0.2) is 0 Å². The van der Waals surface area contributed by atoms with Crippen LogP contribution in [0.1, 0.15) is 5.56 Å². The van der Waals surface area contributed by atoms with Gasteiger partial charge in [0.25, 0.3) is 5.56 Å². The average molecular weight is 391 g/mol. The second kappa shape index (κ2) is 7.69. The molecule has 0 aliphatic carbocycles. The summed E-state index contributed by atoms with van der Waals surface area (Å²) in [5.41, 5.74) is 3.06. The smallest absolute Gasteiger partial charge is 0.252 e. The van der Waals surface area contributed by atoms with Gasteiger partial charge < -0.3 is 5.32 Å². The molecule has 0 spiro atoms. The van der Waals surface area contributed by atoms with Crippen LogP contribution < -0.4 is 10.9 Å². The highest BCUT2D eigenvalue weighted by Crippen LogP contribution is 2.24. The number of nitrogens with one attached hydrogen (secondary N) is 2. The van der Waals surface area contributed by atoms with Crippen LogP contribution in [0.3, 0.4) is 0 Å². The number of carbonyl (C=O) groups excluding carboxylic acids is 1. The first-order valence-electron chi connectivity index (χ1n) is 8.64. The third-order valence-electron chi connectivity index (χ3n) is 4.20. The van der Waals surface area contributed by atoms with Gasteiger partial charge in [-0.3, -0.25) is 19.0 Å². The Bertz CT molecular complexity index is 1200. The largest absolute Gasteiger partial charge is 0.325 e. The molecule has 0 fully saturated rings. The first kappa shape index (κ1) is 18.0. The predicted molar refractivity (Wildman–Crippen MR) is 110 cm³/mol. The highest BCUT2D eigenvalue weighted by Gasteiger charge is 2.15. The maximum atomic E-state index is 12.4. The lowest BCUT2D eigenvalue weighted by molar-refractivity contribution is -0.113. The summed E-state index contributed by atoms with van der Waals surface area (Å²) in [5.74, 6) is 0.373. The van der Waals surface area contributed by atoms with Crippen molar-refractivity contribution in [3.05, 3.63) is 76.6 Å². The fourth-order valence-corrected chi connectivity index (χ4v) is 3.59. The van der Waals surface area contributed by atoms with Crippen molar-refractivity contribution >= 4 is 29.1 Å². The molecule has 28 heavy (non-hydrogen) atoms. The third-order valence-corrected chi connectivity index (χ3v) is 5.13. The maximum Gasteiger partial charge on any atom is 0.252 e. The van der Waals surface area contributed by atoms with Crippen LogP contribution in [-0.4, -0.2) is 31.2 Å². The minimum Gasteiger partial charge on any atom is -0.325 e. The second-order valence-electron chi connectivity index (χ2n) is 6.18. The van der Waals surface area contributed by atoms with E-state index in [9.17, 15) is 9.59 Å². The quantitative estimate of drug-likeness (QED) is 0.510. The molecule has 2 N–H and O–H groups in total. The lowest BCUT2D eigenvalue weighted by Crippen LogP contribution is -2.15. The fraction of sp³-hybridized carbons (Fsp3) is 0.100. The van der Waals surface area contributed by atoms with Crippen LogP contribution in [0.15, 0.2) is 70.6 Å². The normalized spacial score (nSPS) is 10.9. The molecule has 1 amide bonds. The maximum absolute atomic E-state index is 12.4. The molecule has 0 unspecified atom stereocenters. The molecule has 0 aliphatic rings. The van der Waals surface area contributed by atoms with E-state index in [0.717, 1.165) is 16.8 Å². The van der Waals surface area contributed by atoms with Crippen molar-refractivity contribution in [1.82, 2.24) is 19.6 Å². The van der Waals surface area contributed by atoms with E-state index in [4.69, 9.17) is 0 Å². The van der Waals surface area contributed by atoms with Gasteiger partial charge in [0, 0.05) is 11.8 Å². The number of hydrogen-bond donors (Lipinski definition) is 2. The zero-order chi connectivity index (χ0) is 19.5. The van der Waals surface area contributed by atoms with Crippen LogP contribution in [0.2, 0.25) is 0 Å². The number of thioether (sulfide) groups is 1. The first-order valence-corrected chi connectivity index (χ1v) is 9.62. The van der Waals surface area contributed by atoms with Crippen molar-refractivity contribution in [2.75, 3.05) is 11.1 Å². The Morgan fingerprint density at radius 1 is 1.11 bits per heavy atom. The summed E-state index contributed by atoms with van der Waals surface area (Å²) >= 11 is 1.26. The molecule has 8 heteroatoms. The van der Waals surface area contributed by atoms with Gasteiger partial charge in [0.15, 0.2) is 5.16 Å². The monoisotopic (exact) mass is 391 g/mol. The number of para-hydroxylation sites is 1. The molecule has 4 aromatic rings. The molecule has 4 rings (SSSR count). The molecular weight excluding hydrogens is 374 g/mol. The topological polar surface area (TPSA) is 92.2 Å². The van der Waals surface area contributed by atoms with Gasteiger partial charge >= 0.3 is 0 Å². The van der Waals surface area contributed by atoms with Crippen LogP contribution >= 0.6 is 11.8 Å². The zero-order valence-electron chi connectivity index (χ0n) is 15.0. The fourth-order valence-electron chi connectivity index (χ4n) is 2.85. The summed E-state index contributed by atoms with van der Waals surface area (Å²) < 4.78 is 1.75. The molecule has 0 saturated carbocycles. The Kier molecular flexibility index (Phi) is 4.94. The number of nitrogens with zero attached hydrogens (tertiary/aromatic N) is 3. The van der Waals surface area contributed by atoms with Gasteiger partial charge in [-0.1, -0.05) is 60.3 Å². The second-order valence-corrected chi connectivity index (χ2v) is 7.12. The third kappa shape index (κ3) is 3.67. The molecule has 2 heterocycles. The number of aromatic amines is 1. The van der Waals surface area contributed by atoms with E-state index in [1.807, 2.05) is 61.5 Å². The molecule has 2 aromatic carbocycles. The van der Waals surface area contributed by atoms with Gasteiger partial charge in [0.2, 0.25) is 11.7 Å². The summed E-state index contributed by atoms with van der Waals surface area (Å²) in [6, 6.07) is 18.6. The predicted octanol–water partition coefficient (Wildman–Crippen LogP) is 3.12. The number of amides is 1. The van der Waals surface area contributed by atoms with E-state index in [0.29, 0.717) is 16.6 Å². The van der Waals surface area contributed by atoms with Crippen LogP contribution in [0.4, 0.5) is 5.69 Å². The standard InChI is InChI=1S/C20H17N5O2S/c1-13-7-5-6-10-15(13)21-18(27)12-28-20-24-23-19-22-17(26)11-16(25(19)20)14-8-3-2-4-9-14/h2-11H,12H2,1H3,(H,21,27)(H,22,23,26). The molecule has 0 saturated heterocycles. The van der Waals surface area contributed by atoms with Crippen LogP contribution in [0.25, 0.3) is 17.0 Å². The number of aryl methyl sites for hydroxylation is 1. The first-order chi connectivity index (χ1) is 13.6. The van der Waals surface area contributed by atoms with Crippen LogP contribution in [0, 0.1) is 6.92 Å². The number of benzene rings is 2. The van der Waals surface area contributed by atoms with Crippen LogP contribution in [-0.2, 0) is 4.79 Å². The van der Waals surface area contributed by atoms with E-state index in [1.54, 1.807) is 4.40 Å². The van der Waals surface area contributed by atoms with Gasteiger partial charge in [-0.2, -0.15) is 0 Å². The molecule has 0 aliphatic heterocycles. The van der Waals surface area contributed by atoms with Gasteiger partial charge in [0.05, 0.1) is 11.4 Å². The number of anilines is 1. The molecular formula is C20H17N5O2S. The van der Waals surface area contributed by atoms with E-state index < -0.39 is 0 Å². The van der Waals surface area contributed by atoms with E-state index >= 15 is 0 Å². The molecule has 0 atom stereocenters. The number of fused-ring (bicyclic) bond motifs is 1. The van der Waals surface area contributed by atoms with Crippen molar-refractivity contribution in [3.8, 4) is 11.3 Å². The zero-order valence-corrected chi connectivity index (χ0v) is 15.9.